The van der Waals surface area contributed by atoms with Crippen molar-refractivity contribution in [3.05, 3.63) is 29.3 Å². The molecule has 0 spiro atoms. The van der Waals surface area contributed by atoms with Gasteiger partial charge in [0.1, 0.15) is 5.75 Å². The van der Waals surface area contributed by atoms with Crippen molar-refractivity contribution in [2.45, 2.75) is 32.1 Å². The van der Waals surface area contributed by atoms with Crippen LogP contribution in [0.1, 0.15) is 31.4 Å². The topological polar surface area (TPSA) is 35.2 Å². The molecular formula is C14H21NO. The van der Waals surface area contributed by atoms with Gasteiger partial charge in [-0.05, 0) is 47.9 Å². The lowest BCUT2D eigenvalue weighted by molar-refractivity contribution is 0.280. The molecule has 0 radical (unpaired) electrons. The summed E-state index contributed by atoms with van der Waals surface area (Å²) < 4.78 is 5.44. The van der Waals surface area contributed by atoms with E-state index in [0.717, 1.165) is 25.1 Å². The SMILES string of the molecule is COc1cccc2c1CCC(CN)C2(C)C. The van der Waals surface area contributed by atoms with Crippen molar-refractivity contribution >= 4 is 0 Å². The summed E-state index contributed by atoms with van der Waals surface area (Å²) in [5.74, 6) is 1.60. The molecule has 16 heavy (non-hydrogen) atoms. The molecule has 88 valence electrons. The number of hydrogen-bond acceptors (Lipinski definition) is 2. The molecule has 0 aliphatic heterocycles. The van der Waals surface area contributed by atoms with Crippen molar-refractivity contribution in [2.24, 2.45) is 11.7 Å². The van der Waals surface area contributed by atoms with Gasteiger partial charge in [0.25, 0.3) is 0 Å². The Hall–Kier alpha value is -1.02. The lowest BCUT2D eigenvalue weighted by Gasteiger charge is -2.40. The summed E-state index contributed by atoms with van der Waals surface area (Å²) in [6.07, 6.45) is 2.25. The van der Waals surface area contributed by atoms with E-state index in [1.165, 1.54) is 11.1 Å². The molecule has 2 rings (SSSR count). The minimum absolute atomic E-state index is 0.164. The predicted octanol–water partition coefficient (Wildman–Crippen LogP) is 2.49. The van der Waals surface area contributed by atoms with Crippen molar-refractivity contribution in [1.82, 2.24) is 0 Å². The number of ether oxygens (including phenoxy) is 1. The van der Waals surface area contributed by atoms with Gasteiger partial charge in [0.05, 0.1) is 7.11 Å². The molecule has 2 nitrogen and oxygen atoms in total. The van der Waals surface area contributed by atoms with Gasteiger partial charge in [0.2, 0.25) is 0 Å². The van der Waals surface area contributed by atoms with Crippen LogP contribution in [0.2, 0.25) is 0 Å². The number of fused-ring (bicyclic) bond motifs is 1. The second-order valence-corrected chi connectivity index (χ2v) is 5.18. The van der Waals surface area contributed by atoms with Crippen LogP contribution in [0.3, 0.4) is 0 Å². The van der Waals surface area contributed by atoms with E-state index in [4.69, 9.17) is 10.5 Å². The third-order valence-corrected chi connectivity index (χ3v) is 4.10. The van der Waals surface area contributed by atoms with Gasteiger partial charge in [-0.25, -0.2) is 0 Å². The molecule has 1 aliphatic rings. The van der Waals surface area contributed by atoms with Crippen LogP contribution in [0.25, 0.3) is 0 Å². The number of hydrogen-bond donors (Lipinski definition) is 1. The first-order valence-electron chi connectivity index (χ1n) is 5.97. The Balaban J connectivity index is 2.51. The molecule has 1 unspecified atom stereocenters. The van der Waals surface area contributed by atoms with Crippen LogP contribution in [0.4, 0.5) is 0 Å². The summed E-state index contributed by atoms with van der Waals surface area (Å²) >= 11 is 0. The first-order chi connectivity index (χ1) is 7.61. The van der Waals surface area contributed by atoms with E-state index < -0.39 is 0 Å². The normalized spacial score (nSPS) is 22.6. The number of benzene rings is 1. The van der Waals surface area contributed by atoms with Gasteiger partial charge in [0, 0.05) is 0 Å². The first-order valence-corrected chi connectivity index (χ1v) is 5.97. The van der Waals surface area contributed by atoms with Crippen LogP contribution in [0.15, 0.2) is 18.2 Å². The fraction of sp³-hybridized carbons (Fsp3) is 0.571. The Labute approximate surface area is 97.8 Å². The largest absolute Gasteiger partial charge is 0.496 e. The van der Waals surface area contributed by atoms with Gasteiger partial charge in [-0.2, -0.15) is 0 Å². The Morgan fingerprint density at radius 1 is 1.44 bits per heavy atom. The average molecular weight is 219 g/mol. The van der Waals surface area contributed by atoms with E-state index in [1.54, 1.807) is 7.11 Å². The summed E-state index contributed by atoms with van der Waals surface area (Å²) in [6, 6.07) is 6.36. The van der Waals surface area contributed by atoms with Crippen LogP contribution >= 0.6 is 0 Å². The zero-order valence-electron chi connectivity index (χ0n) is 10.4. The predicted molar refractivity (Wildman–Crippen MR) is 66.9 cm³/mol. The number of nitrogens with two attached hydrogens (primary N) is 1. The third kappa shape index (κ3) is 1.61. The van der Waals surface area contributed by atoms with Crippen LogP contribution in [-0.2, 0) is 11.8 Å². The number of methoxy groups -OCH3 is 1. The van der Waals surface area contributed by atoms with Crippen molar-refractivity contribution in [2.75, 3.05) is 13.7 Å². The first kappa shape index (κ1) is 11.5. The van der Waals surface area contributed by atoms with Crippen molar-refractivity contribution < 1.29 is 4.74 Å². The molecule has 0 aromatic heterocycles. The Bertz CT molecular complexity index is 384. The molecule has 1 aromatic rings. The molecule has 1 aliphatic carbocycles. The second kappa shape index (κ2) is 4.10. The molecule has 0 saturated heterocycles. The van der Waals surface area contributed by atoms with E-state index in [-0.39, 0.29) is 5.41 Å². The van der Waals surface area contributed by atoms with E-state index in [1.807, 2.05) is 0 Å². The summed E-state index contributed by atoms with van der Waals surface area (Å²) in [5.41, 5.74) is 8.82. The van der Waals surface area contributed by atoms with Crippen molar-refractivity contribution in [3.63, 3.8) is 0 Å². The highest BCUT2D eigenvalue weighted by Crippen LogP contribution is 2.43. The number of rotatable bonds is 2. The zero-order chi connectivity index (χ0) is 11.8. The molecule has 2 N–H and O–H groups in total. The minimum Gasteiger partial charge on any atom is -0.496 e. The lowest BCUT2D eigenvalue weighted by atomic mass is 9.65. The maximum atomic E-state index is 5.88. The molecule has 1 aromatic carbocycles. The maximum absolute atomic E-state index is 5.88. The highest BCUT2D eigenvalue weighted by molar-refractivity contribution is 5.46. The van der Waals surface area contributed by atoms with Gasteiger partial charge < -0.3 is 10.5 Å². The summed E-state index contributed by atoms with van der Waals surface area (Å²) in [7, 11) is 1.75. The van der Waals surface area contributed by atoms with Crippen LogP contribution in [-0.4, -0.2) is 13.7 Å². The third-order valence-electron chi connectivity index (χ3n) is 4.10. The summed E-state index contributed by atoms with van der Waals surface area (Å²) in [5, 5.41) is 0. The van der Waals surface area contributed by atoms with Crippen LogP contribution in [0.5, 0.6) is 5.75 Å². The molecule has 0 bridgehead atoms. The van der Waals surface area contributed by atoms with Gasteiger partial charge in [-0.3, -0.25) is 0 Å². The smallest absolute Gasteiger partial charge is 0.122 e. The Morgan fingerprint density at radius 2 is 2.19 bits per heavy atom. The standard InChI is InChI=1S/C14H21NO/c1-14(2)10(9-15)7-8-11-12(14)5-4-6-13(11)16-3/h4-6,10H,7-9,15H2,1-3H3. The lowest BCUT2D eigenvalue weighted by Crippen LogP contribution is -2.38. The van der Waals surface area contributed by atoms with E-state index in [0.29, 0.717) is 5.92 Å². The van der Waals surface area contributed by atoms with Gasteiger partial charge in [-0.15, -0.1) is 0 Å². The van der Waals surface area contributed by atoms with Gasteiger partial charge in [-0.1, -0.05) is 26.0 Å². The van der Waals surface area contributed by atoms with Crippen molar-refractivity contribution in [1.29, 1.82) is 0 Å². The second-order valence-electron chi connectivity index (χ2n) is 5.18. The summed E-state index contributed by atoms with van der Waals surface area (Å²) in [6.45, 7) is 5.35. The van der Waals surface area contributed by atoms with E-state index in [9.17, 15) is 0 Å². The van der Waals surface area contributed by atoms with Gasteiger partial charge in [0.15, 0.2) is 0 Å². The molecular weight excluding hydrogens is 198 g/mol. The highest BCUT2D eigenvalue weighted by atomic mass is 16.5. The fourth-order valence-corrected chi connectivity index (χ4v) is 2.93. The highest BCUT2D eigenvalue weighted by Gasteiger charge is 2.36. The average Bonchev–Trinajstić information content (AvgIpc) is 2.28. The molecule has 0 amide bonds. The Kier molecular flexibility index (Phi) is 2.94. The molecule has 0 saturated carbocycles. The molecule has 0 heterocycles. The Morgan fingerprint density at radius 3 is 2.81 bits per heavy atom. The molecule has 2 heteroatoms. The van der Waals surface area contributed by atoms with Crippen LogP contribution in [0, 0.1) is 5.92 Å². The van der Waals surface area contributed by atoms with Gasteiger partial charge >= 0.3 is 0 Å². The van der Waals surface area contributed by atoms with Crippen molar-refractivity contribution in [3.8, 4) is 5.75 Å². The molecule has 1 atom stereocenters. The zero-order valence-corrected chi connectivity index (χ0v) is 10.4. The van der Waals surface area contributed by atoms with E-state index >= 15 is 0 Å². The van der Waals surface area contributed by atoms with E-state index in [2.05, 4.69) is 32.0 Å². The molecule has 0 fully saturated rings. The quantitative estimate of drug-likeness (QED) is 0.829. The monoisotopic (exact) mass is 219 g/mol. The summed E-state index contributed by atoms with van der Waals surface area (Å²) in [4.78, 5) is 0. The maximum Gasteiger partial charge on any atom is 0.122 e. The fourth-order valence-electron chi connectivity index (χ4n) is 2.93. The van der Waals surface area contributed by atoms with Crippen LogP contribution < -0.4 is 10.5 Å². The minimum atomic E-state index is 0.164.